The minimum absolute atomic E-state index is 0.0886. The minimum atomic E-state index is -0.333. The molecule has 2 amide bonds. The van der Waals surface area contributed by atoms with E-state index in [1.807, 2.05) is 42.6 Å². The number of hydrogen-bond donors (Lipinski definition) is 2. The molecule has 35 heavy (non-hydrogen) atoms. The second-order valence-electron chi connectivity index (χ2n) is 8.49. The zero-order valence-corrected chi connectivity index (χ0v) is 19.6. The van der Waals surface area contributed by atoms with Crippen molar-refractivity contribution >= 4 is 17.7 Å². The summed E-state index contributed by atoms with van der Waals surface area (Å²) in [6.07, 6.45) is 3.96. The first-order valence-corrected chi connectivity index (χ1v) is 11.5. The van der Waals surface area contributed by atoms with Gasteiger partial charge in [0.05, 0.1) is 29.7 Å². The topological polar surface area (TPSA) is 114 Å². The van der Waals surface area contributed by atoms with Crippen molar-refractivity contribution in [3.05, 3.63) is 83.4 Å². The summed E-state index contributed by atoms with van der Waals surface area (Å²) in [5.41, 5.74) is 4.36. The standard InChI is InChI=1S/C26H28N6O3/c1-19(33)30-23-8-6-22(7-9-23)17-35-26(34)32-12-10-31(11-13-32)25(24-16-28-18-29-24)14-20-2-4-21(15-27)5-3-20/h2-9,16,18,25H,10-14,17H2,1H3,(H,28,29)(H,30,33). The lowest BCUT2D eigenvalue weighted by molar-refractivity contribution is -0.114. The number of carbonyl (C=O) groups is 2. The van der Waals surface area contributed by atoms with Gasteiger partial charge in [0, 0.05) is 45.0 Å². The maximum absolute atomic E-state index is 12.6. The Labute approximate surface area is 204 Å². The smallest absolute Gasteiger partial charge is 0.410 e. The molecule has 1 aliphatic heterocycles. The number of hydrogen-bond acceptors (Lipinski definition) is 6. The van der Waals surface area contributed by atoms with Gasteiger partial charge in [0.25, 0.3) is 0 Å². The van der Waals surface area contributed by atoms with Gasteiger partial charge < -0.3 is 19.9 Å². The molecule has 0 bridgehead atoms. The number of nitrogens with zero attached hydrogens (tertiary/aromatic N) is 4. The van der Waals surface area contributed by atoms with E-state index in [2.05, 4.69) is 26.3 Å². The fourth-order valence-corrected chi connectivity index (χ4v) is 4.16. The van der Waals surface area contributed by atoms with E-state index < -0.39 is 0 Å². The monoisotopic (exact) mass is 472 g/mol. The molecule has 1 fully saturated rings. The van der Waals surface area contributed by atoms with Crippen molar-refractivity contribution < 1.29 is 14.3 Å². The molecule has 2 aromatic carbocycles. The molecular weight excluding hydrogens is 444 g/mol. The maximum atomic E-state index is 12.6. The van der Waals surface area contributed by atoms with E-state index >= 15 is 0 Å². The number of nitriles is 1. The minimum Gasteiger partial charge on any atom is -0.445 e. The fourth-order valence-electron chi connectivity index (χ4n) is 4.16. The van der Waals surface area contributed by atoms with Crippen LogP contribution in [0.4, 0.5) is 10.5 Å². The van der Waals surface area contributed by atoms with Crippen LogP contribution in [0, 0.1) is 11.3 Å². The van der Waals surface area contributed by atoms with Gasteiger partial charge in [0.15, 0.2) is 0 Å². The zero-order valence-electron chi connectivity index (χ0n) is 19.6. The van der Waals surface area contributed by atoms with Crippen molar-refractivity contribution in [1.82, 2.24) is 19.8 Å². The predicted molar refractivity (Wildman–Crippen MR) is 130 cm³/mol. The summed E-state index contributed by atoms with van der Waals surface area (Å²) in [5, 5.41) is 11.8. The van der Waals surface area contributed by atoms with Crippen LogP contribution < -0.4 is 5.32 Å². The van der Waals surface area contributed by atoms with E-state index in [-0.39, 0.29) is 24.6 Å². The molecule has 0 aliphatic carbocycles. The molecule has 3 aromatic rings. The van der Waals surface area contributed by atoms with Gasteiger partial charge in [-0.25, -0.2) is 9.78 Å². The van der Waals surface area contributed by atoms with Crippen LogP contribution in [0.1, 0.15) is 35.3 Å². The first-order chi connectivity index (χ1) is 17.0. The molecule has 0 radical (unpaired) electrons. The van der Waals surface area contributed by atoms with E-state index in [0.29, 0.717) is 37.4 Å². The summed E-state index contributed by atoms with van der Waals surface area (Å²) < 4.78 is 5.51. The molecule has 0 saturated carbocycles. The summed E-state index contributed by atoms with van der Waals surface area (Å²) in [6, 6.07) is 17.1. The number of imidazole rings is 1. The molecule has 0 spiro atoms. The van der Waals surface area contributed by atoms with Crippen LogP contribution in [0.15, 0.2) is 61.1 Å². The molecule has 1 aliphatic rings. The Morgan fingerprint density at radius 1 is 1.09 bits per heavy atom. The Kier molecular flexibility index (Phi) is 7.75. The number of benzene rings is 2. The summed E-state index contributed by atoms with van der Waals surface area (Å²) in [4.78, 5) is 35.3. The summed E-state index contributed by atoms with van der Waals surface area (Å²) in [6.45, 7) is 4.19. The molecule has 4 rings (SSSR count). The lowest BCUT2D eigenvalue weighted by Gasteiger charge is -2.38. The molecular formula is C26H28N6O3. The van der Waals surface area contributed by atoms with Crippen molar-refractivity contribution in [3.8, 4) is 6.07 Å². The number of anilines is 1. The third kappa shape index (κ3) is 6.46. The normalized spacial score (nSPS) is 14.7. The van der Waals surface area contributed by atoms with Crippen molar-refractivity contribution in [2.24, 2.45) is 0 Å². The molecule has 1 saturated heterocycles. The van der Waals surface area contributed by atoms with Gasteiger partial charge in [-0.05, 0) is 41.8 Å². The van der Waals surface area contributed by atoms with Gasteiger partial charge in [-0.15, -0.1) is 0 Å². The molecule has 9 nitrogen and oxygen atoms in total. The quantitative estimate of drug-likeness (QED) is 0.544. The molecule has 1 unspecified atom stereocenters. The van der Waals surface area contributed by atoms with E-state index in [1.165, 1.54) is 6.92 Å². The highest BCUT2D eigenvalue weighted by atomic mass is 16.6. The molecule has 1 atom stereocenters. The molecule has 180 valence electrons. The van der Waals surface area contributed by atoms with Gasteiger partial charge >= 0.3 is 6.09 Å². The SMILES string of the molecule is CC(=O)Nc1ccc(COC(=O)N2CCN(C(Cc3ccc(C#N)cc3)c3cnc[nH]3)CC2)cc1. The highest BCUT2D eigenvalue weighted by Crippen LogP contribution is 2.25. The number of aromatic nitrogens is 2. The Hall–Kier alpha value is -4.16. The summed E-state index contributed by atoms with van der Waals surface area (Å²) >= 11 is 0. The first-order valence-electron chi connectivity index (χ1n) is 11.5. The number of aromatic amines is 1. The number of H-pyrrole nitrogens is 1. The lowest BCUT2D eigenvalue weighted by Crippen LogP contribution is -2.50. The van der Waals surface area contributed by atoms with Crippen LogP contribution in [0.3, 0.4) is 0 Å². The number of ether oxygens (including phenoxy) is 1. The Bertz CT molecular complexity index is 1160. The van der Waals surface area contributed by atoms with E-state index in [0.717, 1.165) is 23.2 Å². The number of carbonyl (C=O) groups excluding carboxylic acids is 2. The van der Waals surface area contributed by atoms with Crippen LogP contribution in [-0.2, 0) is 22.6 Å². The molecule has 2 N–H and O–H groups in total. The second-order valence-corrected chi connectivity index (χ2v) is 8.49. The van der Waals surface area contributed by atoms with Gasteiger partial charge in [-0.2, -0.15) is 5.26 Å². The van der Waals surface area contributed by atoms with Crippen LogP contribution in [0.5, 0.6) is 0 Å². The van der Waals surface area contributed by atoms with Crippen molar-refractivity contribution in [2.75, 3.05) is 31.5 Å². The number of rotatable bonds is 7. The first kappa shape index (κ1) is 24.0. The predicted octanol–water partition coefficient (Wildman–Crippen LogP) is 3.48. The number of piperazine rings is 1. The van der Waals surface area contributed by atoms with Crippen LogP contribution in [0.2, 0.25) is 0 Å². The van der Waals surface area contributed by atoms with Crippen molar-refractivity contribution in [2.45, 2.75) is 26.0 Å². The van der Waals surface area contributed by atoms with E-state index in [9.17, 15) is 9.59 Å². The average molecular weight is 473 g/mol. The average Bonchev–Trinajstić information content (AvgIpc) is 3.41. The van der Waals surface area contributed by atoms with Gasteiger partial charge in [-0.1, -0.05) is 24.3 Å². The zero-order chi connectivity index (χ0) is 24.6. The summed E-state index contributed by atoms with van der Waals surface area (Å²) in [5.74, 6) is -0.130. The molecule has 9 heteroatoms. The molecule has 2 heterocycles. The summed E-state index contributed by atoms with van der Waals surface area (Å²) in [7, 11) is 0. The van der Waals surface area contributed by atoms with Crippen molar-refractivity contribution in [1.29, 1.82) is 5.26 Å². The van der Waals surface area contributed by atoms with Gasteiger partial charge in [0.1, 0.15) is 6.61 Å². The Morgan fingerprint density at radius 3 is 2.37 bits per heavy atom. The van der Waals surface area contributed by atoms with Crippen LogP contribution in [0.25, 0.3) is 0 Å². The second kappa shape index (κ2) is 11.3. The molecule has 1 aromatic heterocycles. The highest BCUT2D eigenvalue weighted by Gasteiger charge is 2.28. The van der Waals surface area contributed by atoms with Crippen LogP contribution in [-0.4, -0.2) is 57.9 Å². The lowest BCUT2D eigenvalue weighted by atomic mass is 10.0. The van der Waals surface area contributed by atoms with Crippen molar-refractivity contribution in [3.63, 3.8) is 0 Å². The third-order valence-electron chi connectivity index (χ3n) is 6.04. The number of nitrogens with one attached hydrogen (secondary N) is 2. The van der Waals surface area contributed by atoms with Crippen LogP contribution >= 0.6 is 0 Å². The largest absolute Gasteiger partial charge is 0.445 e. The maximum Gasteiger partial charge on any atom is 0.410 e. The fraction of sp³-hybridized carbons (Fsp3) is 0.308. The Morgan fingerprint density at radius 2 is 1.77 bits per heavy atom. The van der Waals surface area contributed by atoms with E-state index in [1.54, 1.807) is 23.4 Å². The third-order valence-corrected chi connectivity index (χ3v) is 6.04. The van der Waals surface area contributed by atoms with E-state index in [4.69, 9.17) is 10.00 Å². The highest BCUT2D eigenvalue weighted by molar-refractivity contribution is 5.88. The van der Waals surface area contributed by atoms with Gasteiger partial charge in [-0.3, -0.25) is 9.69 Å². The Balaban J connectivity index is 1.31. The van der Waals surface area contributed by atoms with Gasteiger partial charge in [0.2, 0.25) is 5.91 Å². The number of amides is 2.